The molecule has 1 amide bonds. The van der Waals surface area contributed by atoms with E-state index in [1.54, 1.807) is 6.20 Å². The number of nitrogens with one attached hydrogen (secondary N) is 1. The number of amides is 1. The van der Waals surface area contributed by atoms with Crippen LogP contribution in [-0.4, -0.2) is 21.8 Å². The zero-order valence-electron chi connectivity index (χ0n) is 22.8. The minimum atomic E-state index is -0.766. The first-order valence-corrected chi connectivity index (χ1v) is 13.0. The predicted octanol–water partition coefficient (Wildman–Crippen LogP) is 7.39. The summed E-state index contributed by atoms with van der Waals surface area (Å²) in [7, 11) is 0. The molecule has 2 N–H and O–H groups in total. The number of aromatic amines is 1. The molecule has 1 aliphatic rings. The topological polar surface area (TPSA) is 73.4 Å². The molecule has 1 atom stereocenters. The summed E-state index contributed by atoms with van der Waals surface area (Å²) in [6.07, 6.45) is 1.69. The van der Waals surface area contributed by atoms with Crippen LogP contribution in [0.25, 0.3) is 16.7 Å². The number of nitrogens with zero attached hydrogens (tertiary/aromatic N) is 1. The van der Waals surface area contributed by atoms with Crippen LogP contribution in [0.2, 0.25) is 0 Å². The molecule has 0 bridgehead atoms. The summed E-state index contributed by atoms with van der Waals surface area (Å²) in [6, 6.07) is 22.5. The van der Waals surface area contributed by atoms with Gasteiger partial charge in [-0.2, -0.15) is 0 Å². The van der Waals surface area contributed by atoms with Crippen molar-refractivity contribution in [1.82, 2.24) is 4.98 Å². The predicted molar refractivity (Wildman–Crippen MR) is 153 cm³/mol. The van der Waals surface area contributed by atoms with E-state index in [4.69, 9.17) is 0 Å². The van der Waals surface area contributed by atoms with E-state index in [0.717, 1.165) is 27.6 Å². The molecular formula is C33H34N2O3. The average molecular weight is 507 g/mol. The van der Waals surface area contributed by atoms with Crippen LogP contribution in [-0.2, 0) is 20.4 Å². The summed E-state index contributed by atoms with van der Waals surface area (Å²) in [5, 5.41) is 12.4. The number of Topliss-reactive ketones (excluding diaryl/α,β-unsaturated/α-hetero) is 1. The van der Waals surface area contributed by atoms with Gasteiger partial charge in [0, 0.05) is 28.4 Å². The molecule has 3 aromatic carbocycles. The smallest absolute Gasteiger partial charge is 0.300 e. The summed E-state index contributed by atoms with van der Waals surface area (Å²) < 4.78 is 0. The second-order valence-electron chi connectivity index (χ2n) is 12.1. The van der Waals surface area contributed by atoms with E-state index in [2.05, 4.69) is 46.5 Å². The highest BCUT2D eigenvalue weighted by Crippen LogP contribution is 2.43. The number of aliphatic hydroxyl groups is 1. The summed E-state index contributed by atoms with van der Waals surface area (Å²) in [4.78, 5) is 31.8. The van der Waals surface area contributed by atoms with Gasteiger partial charge in [-0.25, -0.2) is 0 Å². The maximum atomic E-state index is 13.6. The summed E-state index contributed by atoms with van der Waals surface area (Å²) in [6.45, 7) is 12.8. The van der Waals surface area contributed by atoms with Crippen molar-refractivity contribution in [2.45, 2.75) is 58.4 Å². The van der Waals surface area contributed by atoms with Gasteiger partial charge in [-0.15, -0.1) is 0 Å². The Morgan fingerprint density at radius 2 is 1.34 bits per heavy atom. The van der Waals surface area contributed by atoms with Gasteiger partial charge in [0.15, 0.2) is 0 Å². The largest absolute Gasteiger partial charge is 0.507 e. The quantitative estimate of drug-likeness (QED) is 0.173. The maximum absolute atomic E-state index is 13.6. The first-order valence-electron chi connectivity index (χ1n) is 13.0. The molecule has 38 heavy (non-hydrogen) atoms. The lowest BCUT2D eigenvalue weighted by Crippen LogP contribution is -2.29. The number of aliphatic hydroxyl groups excluding tert-OH is 1. The Bertz CT molecular complexity index is 1560. The van der Waals surface area contributed by atoms with Gasteiger partial charge in [-0.3, -0.25) is 14.5 Å². The lowest BCUT2D eigenvalue weighted by atomic mass is 9.85. The molecule has 0 spiro atoms. The van der Waals surface area contributed by atoms with E-state index in [0.29, 0.717) is 11.3 Å². The third-order valence-electron chi connectivity index (χ3n) is 7.39. The van der Waals surface area contributed by atoms with Crippen LogP contribution in [0.1, 0.15) is 69.8 Å². The second kappa shape index (κ2) is 9.02. The number of carbonyl (C=O) groups excluding carboxylic acids is 2. The van der Waals surface area contributed by atoms with Crippen LogP contribution in [0.4, 0.5) is 5.69 Å². The molecule has 1 unspecified atom stereocenters. The molecule has 194 valence electrons. The molecule has 4 aromatic rings. The number of H-pyrrole nitrogens is 1. The van der Waals surface area contributed by atoms with Crippen LogP contribution in [0.15, 0.2) is 84.6 Å². The Hall–Kier alpha value is -4.12. The summed E-state index contributed by atoms with van der Waals surface area (Å²) >= 11 is 0. The van der Waals surface area contributed by atoms with Crippen LogP contribution >= 0.6 is 0 Å². The fraction of sp³-hybridized carbons (Fsp3) is 0.273. The van der Waals surface area contributed by atoms with Crippen LogP contribution < -0.4 is 4.90 Å². The normalized spacial score (nSPS) is 17.9. The fourth-order valence-corrected chi connectivity index (χ4v) is 5.11. The highest BCUT2D eigenvalue weighted by molar-refractivity contribution is 6.51. The van der Waals surface area contributed by atoms with Crippen molar-refractivity contribution in [3.05, 3.63) is 107 Å². The zero-order chi connectivity index (χ0) is 27.4. The van der Waals surface area contributed by atoms with Crippen LogP contribution in [0.5, 0.6) is 0 Å². The molecule has 1 aliphatic heterocycles. The Labute approximate surface area is 223 Å². The number of ketones is 1. The minimum Gasteiger partial charge on any atom is -0.507 e. The van der Waals surface area contributed by atoms with E-state index in [1.807, 2.05) is 72.8 Å². The van der Waals surface area contributed by atoms with Crippen molar-refractivity contribution in [2.75, 3.05) is 4.90 Å². The Morgan fingerprint density at radius 1 is 0.789 bits per heavy atom. The number of hydrogen-bond donors (Lipinski definition) is 2. The first kappa shape index (κ1) is 25.5. The van der Waals surface area contributed by atoms with E-state index in [-0.39, 0.29) is 22.2 Å². The lowest BCUT2D eigenvalue weighted by Gasteiger charge is -2.27. The monoisotopic (exact) mass is 506 g/mol. The number of aromatic nitrogens is 1. The molecule has 5 nitrogen and oxygen atoms in total. The molecule has 5 heteroatoms. The van der Waals surface area contributed by atoms with Crippen molar-refractivity contribution < 1.29 is 14.7 Å². The molecule has 0 radical (unpaired) electrons. The third kappa shape index (κ3) is 4.32. The number of anilines is 1. The second-order valence-corrected chi connectivity index (χ2v) is 12.1. The Kier molecular flexibility index (Phi) is 6.06. The van der Waals surface area contributed by atoms with Gasteiger partial charge in [0.2, 0.25) is 0 Å². The van der Waals surface area contributed by atoms with Gasteiger partial charge in [0.25, 0.3) is 11.7 Å². The van der Waals surface area contributed by atoms with E-state index in [1.165, 1.54) is 4.90 Å². The van der Waals surface area contributed by atoms with Gasteiger partial charge in [-0.05, 0) is 45.7 Å². The van der Waals surface area contributed by atoms with Gasteiger partial charge in [0.05, 0.1) is 11.6 Å². The van der Waals surface area contributed by atoms with Crippen LogP contribution in [0, 0.1) is 0 Å². The van der Waals surface area contributed by atoms with Gasteiger partial charge in [0.1, 0.15) is 5.76 Å². The highest BCUT2D eigenvalue weighted by Gasteiger charge is 2.47. The van der Waals surface area contributed by atoms with Crippen molar-refractivity contribution >= 4 is 34.0 Å². The molecule has 1 saturated heterocycles. The van der Waals surface area contributed by atoms with Crippen molar-refractivity contribution in [1.29, 1.82) is 0 Å². The molecule has 1 fully saturated rings. The minimum absolute atomic E-state index is 0.0484. The maximum Gasteiger partial charge on any atom is 0.300 e. The van der Waals surface area contributed by atoms with Gasteiger partial charge >= 0.3 is 0 Å². The van der Waals surface area contributed by atoms with Gasteiger partial charge < -0.3 is 10.1 Å². The Morgan fingerprint density at radius 3 is 1.92 bits per heavy atom. The van der Waals surface area contributed by atoms with Crippen LogP contribution in [0.3, 0.4) is 0 Å². The molecule has 2 heterocycles. The van der Waals surface area contributed by atoms with Gasteiger partial charge in [-0.1, -0.05) is 96.1 Å². The SMILES string of the molecule is CC(C)(C)c1ccc(C2/C(=C(/O)c3c[nH]c4ccccc34)C(=O)C(=O)N2c2ccc(C(C)(C)C)cc2)cc1. The van der Waals surface area contributed by atoms with Crippen molar-refractivity contribution in [2.24, 2.45) is 0 Å². The molecule has 5 rings (SSSR count). The third-order valence-corrected chi connectivity index (χ3v) is 7.39. The lowest BCUT2D eigenvalue weighted by molar-refractivity contribution is -0.132. The number of benzene rings is 3. The molecular weight excluding hydrogens is 472 g/mol. The number of fused-ring (bicyclic) bond motifs is 1. The first-order chi connectivity index (χ1) is 17.9. The fourth-order valence-electron chi connectivity index (χ4n) is 5.11. The standard InChI is InChI=1S/C33H34N2O3/c1-32(2,3)21-13-11-20(12-14-21)28-27(29(36)25-19-34-26-10-8-7-9-24(25)26)30(37)31(38)35(28)23-17-15-22(16-18-23)33(4,5)6/h7-19,28,34,36H,1-6H3/b29-27-. The van der Waals surface area contributed by atoms with E-state index < -0.39 is 17.7 Å². The number of hydrogen-bond acceptors (Lipinski definition) is 3. The summed E-state index contributed by atoms with van der Waals surface area (Å²) in [5.74, 6) is -1.53. The van der Waals surface area contributed by atoms with E-state index in [9.17, 15) is 14.7 Å². The number of para-hydroxylation sites is 1. The van der Waals surface area contributed by atoms with Crippen molar-refractivity contribution in [3.63, 3.8) is 0 Å². The summed E-state index contributed by atoms with van der Waals surface area (Å²) in [5.41, 5.74) is 4.97. The highest BCUT2D eigenvalue weighted by atomic mass is 16.3. The van der Waals surface area contributed by atoms with E-state index >= 15 is 0 Å². The molecule has 0 saturated carbocycles. The molecule has 0 aliphatic carbocycles. The Balaban J connectivity index is 1.71. The molecule has 1 aromatic heterocycles. The number of rotatable bonds is 3. The van der Waals surface area contributed by atoms with Crippen molar-refractivity contribution in [3.8, 4) is 0 Å². The average Bonchev–Trinajstić information content (AvgIpc) is 3.42. The zero-order valence-corrected chi connectivity index (χ0v) is 22.8. The number of carbonyl (C=O) groups is 2.